The van der Waals surface area contributed by atoms with Gasteiger partial charge in [0.2, 0.25) is 11.8 Å². The highest BCUT2D eigenvalue weighted by Crippen LogP contribution is 2.47. The van der Waals surface area contributed by atoms with Crippen LogP contribution >= 0.6 is 0 Å². The number of nitrogens with zero attached hydrogens (tertiary/aromatic N) is 4. The minimum Gasteiger partial charge on any atom is -0.472 e. The average molecular weight is 1490 g/mol. The van der Waals surface area contributed by atoms with Gasteiger partial charge in [0.25, 0.3) is 0 Å². The van der Waals surface area contributed by atoms with E-state index < -0.39 is 11.5 Å². The Labute approximate surface area is 637 Å². The molecular formula is C86H152F2N4O13. The number of ether oxygens (including phenoxy) is 7. The third-order valence-electron chi connectivity index (χ3n) is 16.4. The molecule has 4 aliphatic heterocycles. The molecule has 0 N–H and O–H groups in total. The van der Waals surface area contributed by atoms with E-state index in [2.05, 4.69) is 142 Å². The van der Waals surface area contributed by atoms with Crippen molar-refractivity contribution in [3.63, 3.8) is 0 Å². The zero-order chi connectivity index (χ0) is 81.1. The first-order chi connectivity index (χ1) is 47.4. The molecule has 5 aliphatic rings. The summed E-state index contributed by atoms with van der Waals surface area (Å²) in [6.07, 6.45) is 10.7. The highest BCUT2D eigenvalue weighted by Gasteiger charge is 2.46. The number of hydrogen-bond donors (Lipinski definition) is 0. The summed E-state index contributed by atoms with van der Waals surface area (Å²) in [7, 11) is 0. The summed E-state index contributed by atoms with van der Waals surface area (Å²) in [5.41, 5.74) is 2.65. The summed E-state index contributed by atoms with van der Waals surface area (Å²) >= 11 is 0. The Morgan fingerprint density at radius 3 is 1.37 bits per heavy atom. The molecule has 19 heteroatoms. The van der Waals surface area contributed by atoms with Crippen molar-refractivity contribution < 1.29 is 70.0 Å². The van der Waals surface area contributed by atoms with Crippen molar-refractivity contribution in [3.8, 4) is 0 Å². The largest absolute Gasteiger partial charge is 0.472 e. The molecule has 5 fully saturated rings. The van der Waals surface area contributed by atoms with Crippen LogP contribution in [0.4, 0.5) is 23.2 Å². The van der Waals surface area contributed by atoms with E-state index in [0.717, 1.165) is 102 Å². The first-order valence-electron chi connectivity index (χ1n) is 38.5. The lowest BCUT2D eigenvalue weighted by Gasteiger charge is -2.46. The lowest BCUT2D eigenvalue weighted by molar-refractivity contribution is -0.128. The van der Waals surface area contributed by atoms with Crippen molar-refractivity contribution in [2.24, 2.45) is 44.8 Å². The third kappa shape index (κ3) is 51.7. The van der Waals surface area contributed by atoms with Crippen molar-refractivity contribution in [3.05, 3.63) is 84.2 Å². The fraction of sp³-hybridized carbons (Fsp3) is 0.791. The Balaban J connectivity index is 0.000000603. The number of rotatable bonds is 15. The minimum atomic E-state index is -2.34. The normalized spacial score (nSPS) is 16.9. The first kappa shape index (κ1) is 97.8. The highest BCUT2D eigenvalue weighted by molar-refractivity contribution is 5.78. The van der Waals surface area contributed by atoms with Crippen LogP contribution in [-0.4, -0.2) is 149 Å². The van der Waals surface area contributed by atoms with Crippen molar-refractivity contribution in [2.45, 2.75) is 332 Å². The fourth-order valence-corrected chi connectivity index (χ4v) is 10.9. The monoisotopic (exact) mass is 1490 g/mol. The van der Waals surface area contributed by atoms with Gasteiger partial charge >= 0.3 is 18.3 Å². The van der Waals surface area contributed by atoms with Crippen LogP contribution in [0.5, 0.6) is 0 Å². The van der Waals surface area contributed by atoms with Crippen LogP contribution in [0.1, 0.15) is 290 Å². The van der Waals surface area contributed by atoms with Gasteiger partial charge in [-0.3, -0.25) is 4.79 Å². The second kappa shape index (κ2) is 42.1. The molecule has 17 nitrogen and oxygen atoms in total. The zero-order valence-electron chi connectivity index (χ0n) is 72.3. The molecule has 1 aromatic carbocycles. The molecule has 8 rings (SSSR count). The maximum atomic E-state index is 12.4. The molecule has 0 bridgehead atoms. The predicted octanol–water partition coefficient (Wildman–Crippen LogP) is 22.6. The second-order valence-corrected chi connectivity index (χ2v) is 40.5. The molecule has 4 saturated heterocycles. The van der Waals surface area contributed by atoms with Crippen molar-refractivity contribution >= 4 is 24.2 Å². The van der Waals surface area contributed by atoms with Crippen molar-refractivity contribution in [1.29, 1.82) is 0 Å². The third-order valence-corrected chi connectivity index (χ3v) is 16.4. The highest BCUT2D eigenvalue weighted by atomic mass is 19.3. The summed E-state index contributed by atoms with van der Waals surface area (Å²) < 4.78 is 72.8. The van der Waals surface area contributed by atoms with Gasteiger partial charge in [0.05, 0.1) is 67.6 Å². The summed E-state index contributed by atoms with van der Waals surface area (Å²) in [6, 6.07) is 16.0. The summed E-state index contributed by atoms with van der Waals surface area (Å²) in [5.74, 6) is 0.201. The second-order valence-electron chi connectivity index (χ2n) is 40.5. The van der Waals surface area contributed by atoms with Crippen LogP contribution in [0.3, 0.4) is 0 Å². The van der Waals surface area contributed by atoms with E-state index in [1.165, 1.54) is 5.56 Å². The quantitative estimate of drug-likeness (QED) is 0.132. The van der Waals surface area contributed by atoms with Crippen molar-refractivity contribution in [1.82, 2.24) is 19.6 Å². The van der Waals surface area contributed by atoms with E-state index in [4.69, 9.17) is 42.0 Å². The van der Waals surface area contributed by atoms with Gasteiger partial charge in [-0.05, 0) is 212 Å². The van der Waals surface area contributed by atoms with E-state index in [9.17, 15) is 28.0 Å². The van der Waals surface area contributed by atoms with Crippen LogP contribution in [0.15, 0.2) is 76.2 Å². The molecule has 0 radical (unpaired) electrons. The number of halogens is 2. The molecule has 105 heavy (non-hydrogen) atoms. The zero-order valence-corrected chi connectivity index (χ0v) is 72.3. The average Bonchev–Trinajstić information content (AvgIpc) is 1.56. The number of furan rings is 2. The number of alkyl halides is 2. The molecule has 3 aromatic rings. The number of benzene rings is 1. The maximum Gasteiger partial charge on any atom is 0.410 e. The maximum absolute atomic E-state index is 12.4. The smallest absolute Gasteiger partial charge is 0.410 e. The molecule has 0 unspecified atom stereocenters. The fourth-order valence-electron chi connectivity index (χ4n) is 10.9. The molecule has 6 heterocycles. The van der Waals surface area contributed by atoms with Crippen molar-refractivity contribution in [2.75, 3.05) is 65.6 Å². The molecule has 4 amide bonds. The van der Waals surface area contributed by atoms with Gasteiger partial charge in [-0.2, -0.15) is 0 Å². The number of hydrogen-bond acceptors (Lipinski definition) is 13. The van der Waals surface area contributed by atoms with Gasteiger partial charge in [0.1, 0.15) is 30.2 Å². The molecule has 608 valence electrons. The molecule has 0 spiro atoms. The van der Waals surface area contributed by atoms with Gasteiger partial charge < -0.3 is 61.6 Å². The van der Waals surface area contributed by atoms with Crippen LogP contribution in [0.25, 0.3) is 0 Å². The topological polar surface area (TPSA) is 172 Å². The van der Waals surface area contributed by atoms with E-state index in [0.29, 0.717) is 72.4 Å². The number of likely N-dealkylation sites (tertiary alicyclic amines) is 3. The van der Waals surface area contributed by atoms with Crippen LogP contribution in [0, 0.1) is 44.8 Å². The molecule has 0 atom stereocenters. The van der Waals surface area contributed by atoms with Gasteiger partial charge in [0.15, 0.2) is 0 Å². The van der Waals surface area contributed by atoms with Gasteiger partial charge in [-0.1, -0.05) is 134 Å². The summed E-state index contributed by atoms with van der Waals surface area (Å²) in [5, 5.41) is 0. The number of amides is 4. The Bertz CT molecular complexity index is 2770. The number of carbonyl (C=O) groups excluding carboxylic acids is 4. The van der Waals surface area contributed by atoms with E-state index in [1.54, 1.807) is 33.5 Å². The van der Waals surface area contributed by atoms with Gasteiger partial charge in [0, 0.05) is 76.6 Å². The lowest BCUT2D eigenvalue weighted by Crippen LogP contribution is -2.55. The lowest BCUT2D eigenvalue weighted by atomic mass is 9.72. The number of cyclic esters (lactones) is 1. The van der Waals surface area contributed by atoms with E-state index in [-0.39, 0.29) is 70.5 Å². The minimum absolute atomic E-state index is 0.0614. The molecule has 2 aromatic heterocycles. The van der Waals surface area contributed by atoms with E-state index >= 15 is 0 Å². The Morgan fingerprint density at radius 1 is 0.505 bits per heavy atom. The van der Waals surface area contributed by atoms with Crippen LogP contribution in [-0.2, 0) is 57.8 Å². The summed E-state index contributed by atoms with van der Waals surface area (Å²) in [6.45, 7) is 76.6. The van der Waals surface area contributed by atoms with E-state index in [1.807, 2.05) is 133 Å². The molecule has 1 aliphatic carbocycles. The van der Waals surface area contributed by atoms with Gasteiger partial charge in [-0.25, -0.2) is 23.2 Å². The standard InChI is InChI=1S/C15H24O.C13H25NO3.C12H23NO2.C10H19NO.C9H16F2.C9H17NO2.2C9H14O2/c1-14(2,3)12-15(4,5)16-11-13-9-7-6-8-10-13;1-12(2,3)16-9-10-7-14(8-10)11(15)17-13(4,5)6;1-11(2,3)9-7-13(8-9)10(14)15-12(4,5)6;1-10(2,3)6-8-11-7-4-5-9(11)12;1-8(2,3)4-7-5-9(10,11)6-7;1-9(2,3)4-5-10-6-7-12-8(10)11;1-9(2,3)11-7-8-4-5-10-6-8;1-9(2,3)11-7-8-5-4-6-10-8/h6-10H,11-12H2,1-5H3;10H,7-9H2,1-6H3;9H,7-8H2,1-6H3;4-8H2,1-3H3;7H,4-6H2,1-3H3;4-7H2,1-3H3;2*4-6H,7H2,1-3H3. The Morgan fingerprint density at radius 2 is 0.990 bits per heavy atom. The predicted molar refractivity (Wildman–Crippen MR) is 422 cm³/mol. The Hall–Kier alpha value is -5.24. The Kier molecular flexibility index (Phi) is 39.2. The number of carbonyl (C=O) groups is 4. The molecule has 1 saturated carbocycles. The van der Waals surface area contributed by atoms with Crippen LogP contribution in [0.2, 0.25) is 0 Å². The summed E-state index contributed by atoms with van der Waals surface area (Å²) in [4.78, 5) is 52.7. The molecular weight excluding hydrogens is 1330 g/mol. The van der Waals surface area contributed by atoms with Gasteiger partial charge in [-0.15, -0.1) is 0 Å². The SMILES string of the molecule is CC(C)(C)CC(C)(C)OCc1ccccc1.CC(C)(C)CC1CC(F)(F)C1.CC(C)(C)CCN1CCCC1=O.CC(C)(C)CCN1CCOC1=O.CC(C)(C)OC(=O)N1CC(C(C)(C)C)C1.CC(C)(C)OCC1CN(C(=O)OC(C)(C)C)C1.CC(C)(C)OCc1ccco1.CC(C)(C)OCc1ccoc1. The first-order valence-corrected chi connectivity index (χ1v) is 38.5. The van der Waals surface area contributed by atoms with Crippen LogP contribution < -0.4 is 0 Å².